The number of hydrogen-bond donors (Lipinski definition) is 2. The predicted molar refractivity (Wildman–Crippen MR) is 60.4 cm³/mol. The zero-order valence-electron chi connectivity index (χ0n) is 9.49. The number of nitrogens with one attached hydrogen (secondary N) is 2. The fourth-order valence-corrected chi connectivity index (χ4v) is 1.10. The molecule has 0 fully saturated rings. The molecule has 1 aromatic rings. The second-order valence-corrected chi connectivity index (χ2v) is 3.14. The molecule has 88 valence electrons. The third-order valence-corrected chi connectivity index (χ3v) is 1.93. The minimum absolute atomic E-state index is 0.222. The van der Waals surface area contributed by atoms with Crippen LogP contribution in [0.15, 0.2) is 12.4 Å². The number of rotatable bonds is 6. The van der Waals surface area contributed by atoms with E-state index < -0.39 is 0 Å². The Morgan fingerprint density at radius 1 is 1.50 bits per heavy atom. The number of anilines is 1. The van der Waals surface area contributed by atoms with Gasteiger partial charge in [-0.15, -0.1) is 0 Å². The lowest BCUT2D eigenvalue weighted by molar-refractivity contribution is 0.0943. The van der Waals surface area contributed by atoms with E-state index in [1.807, 2.05) is 0 Å². The van der Waals surface area contributed by atoms with Crippen molar-refractivity contribution in [2.45, 2.75) is 6.42 Å². The highest BCUT2D eigenvalue weighted by molar-refractivity contribution is 5.92. The van der Waals surface area contributed by atoms with Crippen LogP contribution in [0.5, 0.6) is 0 Å². The largest absolute Gasteiger partial charge is 0.385 e. The summed E-state index contributed by atoms with van der Waals surface area (Å²) in [4.78, 5) is 19.6. The second kappa shape index (κ2) is 6.73. The summed E-state index contributed by atoms with van der Waals surface area (Å²) in [6.07, 6.45) is 3.77. The highest BCUT2D eigenvalue weighted by Gasteiger charge is 2.07. The summed E-state index contributed by atoms with van der Waals surface area (Å²) in [6.45, 7) is 1.20. The van der Waals surface area contributed by atoms with Gasteiger partial charge < -0.3 is 15.4 Å². The number of nitrogens with zero attached hydrogens (tertiary/aromatic N) is 2. The van der Waals surface area contributed by atoms with Crippen molar-refractivity contribution in [1.29, 1.82) is 0 Å². The maximum Gasteiger partial charge on any atom is 0.271 e. The van der Waals surface area contributed by atoms with Crippen LogP contribution in [0.4, 0.5) is 5.82 Å². The normalized spacial score (nSPS) is 9.88. The Kier molecular flexibility index (Phi) is 5.21. The van der Waals surface area contributed by atoms with E-state index in [9.17, 15) is 4.79 Å². The van der Waals surface area contributed by atoms with Crippen molar-refractivity contribution in [3.8, 4) is 0 Å². The van der Waals surface area contributed by atoms with Gasteiger partial charge in [0, 0.05) is 27.3 Å². The lowest BCUT2D eigenvalue weighted by atomic mass is 10.4. The van der Waals surface area contributed by atoms with E-state index in [0.29, 0.717) is 24.7 Å². The third kappa shape index (κ3) is 3.82. The second-order valence-electron chi connectivity index (χ2n) is 3.14. The van der Waals surface area contributed by atoms with Gasteiger partial charge in [0.05, 0.1) is 12.4 Å². The fourth-order valence-electron chi connectivity index (χ4n) is 1.10. The summed E-state index contributed by atoms with van der Waals surface area (Å²) in [6, 6.07) is 0. The standard InChI is InChI=1S/C10H16N4O2/c1-11-9-7-12-6-8(14-9)10(15)13-4-3-5-16-2/h6-7H,3-5H2,1-2H3,(H,11,14)(H,13,15). The molecule has 6 heteroatoms. The molecule has 1 heterocycles. The summed E-state index contributed by atoms with van der Waals surface area (Å²) < 4.78 is 4.88. The van der Waals surface area contributed by atoms with Crippen molar-refractivity contribution >= 4 is 11.7 Å². The molecule has 0 saturated carbocycles. The Morgan fingerprint density at radius 2 is 2.31 bits per heavy atom. The molecule has 1 rings (SSSR count). The van der Waals surface area contributed by atoms with Crippen molar-refractivity contribution in [3.05, 3.63) is 18.1 Å². The van der Waals surface area contributed by atoms with Crippen molar-refractivity contribution < 1.29 is 9.53 Å². The van der Waals surface area contributed by atoms with Crippen LogP contribution < -0.4 is 10.6 Å². The smallest absolute Gasteiger partial charge is 0.271 e. The van der Waals surface area contributed by atoms with Gasteiger partial charge >= 0.3 is 0 Å². The van der Waals surface area contributed by atoms with E-state index in [-0.39, 0.29) is 5.91 Å². The van der Waals surface area contributed by atoms with Crippen LogP contribution in [0, 0.1) is 0 Å². The van der Waals surface area contributed by atoms with E-state index in [4.69, 9.17) is 4.74 Å². The molecule has 2 N–H and O–H groups in total. The van der Waals surface area contributed by atoms with Crippen LogP contribution in [0.1, 0.15) is 16.9 Å². The summed E-state index contributed by atoms with van der Waals surface area (Å²) >= 11 is 0. The number of carbonyl (C=O) groups excluding carboxylic acids is 1. The van der Waals surface area contributed by atoms with Crippen molar-refractivity contribution in [2.75, 3.05) is 32.6 Å². The van der Waals surface area contributed by atoms with Gasteiger partial charge in [-0.3, -0.25) is 9.78 Å². The van der Waals surface area contributed by atoms with Crippen LogP contribution in [0.2, 0.25) is 0 Å². The topological polar surface area (TPSA) is 76.1 Å². The van der Waals surface area contributed by atoms with Gasteiger partial charge in [0.25, 0.3) is 5.91 Å². The predicted octanol–water partition coefficient (Wildman–Crippen LogP) is 0.285. The van der Waals surface area contributed by atoms with E-state index in [1.165, 1.54) is 6.20 Å². The van der Waals surface area contributed by atoms with Crippen LogP contribution in [0.3, 0.4) is 0 Å². The molecule has 1 amide bonds. The summed E-state index contributed by atoms with van der Waals surface area (Å²) in [5, 5.41) is 5.56. The van der Waals surface area contributed by atoms with Gasteiger partial charge in [0.15, 0.2) is 0 Å². The molecule has 6 nitrogen and oxygen atoms in total. The van der Waals surface area contributed by atoms with E-state index in [0.717, 1.165) is 6.42 Å². The number of amides is 1. The Balaban J connectivity index is 2.46. The first-order chi connectivity index (χ1) is 7.77. The Bertz CT molecular complexity index is 343. The molecule has 0 aromatic carbocycles. The molecular formula is C10H16N4O2. The van der Waals surface area contributed by atoms with Crippen LogP contribution in [-0.4, -0.2) is 43.2 Å². The maximum atomic E-state index is 11.6. The van der Waals surface area contributed by atoms with Crippen LogP contribution >= 0.6 is 0 Å². The number of ether oxygens (including phenoxy) is 1. The van der Waals surface area contributed by atoms with E-state index >= 15 is 0 Å². The molecule has 0 aliphatic carbocycles. The number of methoxy groups -OCH3 is 1. The highest BCUT2D eigenvalue weighted by atomic mass is 16.5. The molecular weight excluding hydrogens is 208 g/mol. The summed E-state index contributed by atoms with van der Waals surface area (Å²) in [5.74, 6) is 0.352. The van der Waals surface area contributed by atoms with Crippen molar-refractivity contribution in [3.63, 3.8) is 0 Å². The van der Waals surface area contributed by atoms with Crippen molar-refractivity contribution in [1.82, 2.24) is 15.3 Å². The van der Waals surface area contributed by atoms with Crippen LogP contribution in [0.25, 0.3) is 0 Å². The Hall–Kier alpha value is -1.69. The van der Waals surface area contributed by atoms with Gasteiger partial charge in [-0.05, 0) is 6.42 Å². The summed E-state index contributed by atoms with van der Waals surface area (Å²) in [7, 11) is 3.36. The molecule has 16 heavy (non-hydrogen) atoms. The molecule has 0 atom stereocenters. The first-order valence-electron chi connectivity index (χ1n) is 5.05. The lowest BCUT2D eigenvalue weighted by Crippen LogP contribution is -2.26. The Labute approximate surface area is 94.4 Å². The molecule has 0 unspecified atom stereocenters. The number of aromatic nitrogens is 2. The average Bonchev–Trinajstić information content (AvgIpc) is 2.34. The maximum absolute atomic E-state index is 11.6. The van der Waals surface area contributed by atoms with E-state index in [1.54, 1.807) is 20.4 Å². The Morgan fingerprint density at radius 3 is 3.00 bits per heavy atom. The monoisotopic (exact) mass is 224 g/mol. The molecule has 0 spiro atoms. The quantitative estimate of drug-likeness (QED) is 0.679. The average molecular weight is 224 g/mol. The number of hydrogen-bond acceptors (Lipinski definition) is 5. The molecule has 0 radical (unpaired) electrons. The third-order valence-electron chi connectivity index (χ3n) is 1.93. The van der Waals surface area contributed by atoms with Gasteiger partial charge in [0.2, 0.25) is 0 Å². The molecule has 0 bridgehead atoms. The zero-order chi connectivity index (χ0) is 11.8. The SMILES string of the molecule is CNc1cncc(C(=O)NCCCOC)n1. The number of carbonyl (C=O) groups is 1. The van der Waals surface area contributed by atoms with Gasteiger partial charge in [0.1, 0.15) is 11.5 Å². The first kappa shape index (κ1) is 12.4. The van der Waals surface area contributed by atoms with Gasteiger partial charge in [-0.1, -0.05) is 0 Å². The minimum Gasteiger partial charge on any atom is -0.385 e. The van der Waals surface area contributed by atoms with E-state index in [2.05, 4.69) is 20.6 Å². The molecule has 0 saturated heterocycles. The molecule has 0 aliphatic heterocycles. The molecule has 0 aliphatic rings. The van der Waals surface area contributed by atoms with Gasteiger partial charge in [-0.2, -0.15) is 0 Å². The first-order valence-corrected chi connectivity index (χ1v) is 5.05. The fraction of sp³-hybridized carbons (Fsp3) is 0.500. The minimum atomic E-state index is -0.222. The zero-order valence-corrected chi connectivity index (χ0v) is 9.49. The summed E-state index contributed by atoms with van der Waals surface area (Å²) in [5.41, 5.74) is 0.310. The molecule has 1 aromatic heterocycles. The van der Waals surface area contributed by atoms with Crippen LogP contribution in [-0.2, 0) is 4.74 Å². The van der Waals surface area contributed by atoms with Gasteiger partial charge in [-0.25, -0.2) is 4.98 Å². The lowest BCUT2D eigenvalue weighted by Gasteiger charge is -2.05. The van der Waals surface area contributed by atoms with Crippen molar-refractivity contribution in [2.24, 2.45) is 0 Å². The highest BCUT2D eigenvalue weighted by Crippen LogP contribution is 2.00.